The van der Waals surface area contributed by atoms with Crippen LogP contribution in [0.4, 0.5) is 9.80 Å². The largest absolute Gasteiger partial charge is 0.445 e. The predicted octanol–water partition coefficient (Wildman–Crippen LogP) is 6.19. The number of rotatable bonds is 3. The fourth-order valence-corrected chi connectivity index (χ4v) is 4.83. The Morgan fingerprint density at radius 1 is 1.17 bits per heavy atom. The summed E-state index contributed by atoms with van der Waals surface area (Å²) in [4.78, 5) is 18.2. The normalized spacial score (nSPS) is 12.5. The maximum Gasteiger partial charge on any atom is 0.407 e. The molecule has 0 atom stereocenters. The first-order valence-corrected chi connectivity index (χ1v) is 12.1. The number of nitrogens with zero attached hydrogens (tertiary/aromatic N) is 2. The lowest BCUT2D eigenvalue weighted by Crippen LogP contribution is -2.35. The molecule has 0 radical (unpaired) electrons. The third-order valence-electron chi connectivity index (χ3n) is 5.33. The van der Waals surface area contributed by atoms with Gasteiger partial charge in [-0.3, -0.25) is 20.7 Å². The van der Waals surface area contributed by atoms with Crippen LogP contribution in [0.2, 0.25) is 5.02 Å². The van der Waals surface area contributed by atoms with Gasteiger partial charge in [0, 0.05) is 28.1 Å². The first-order chi connectivity index (χ1) is 16.7. The summed E-state index contributed by atoms with van der Waals surface area (Å²) in [6.07, 6.45) is -0.404. The van der Waals surface area contributed by atoms with Crippen LogP contribution in [0.15, 0.2) is 59.6 Å². The van der Waals surface area contributed by atoms with Gasteiger partial charge in [-0.1, -0.05) is 54.1 Å². The van der Waals surface area contributed by atoms with Gasteiger partial charge in [0.15, 0.2) is 0 Å². The van der Waals surface area contributed by atoms with Crippen molar-refractivity contribution in [3.8, 4) is 0 Å². The lowest BCUT2D eigenvalue weighted by molar-refractivity contribution is 0.142. The number of amidine groups is 2. The zero-order valence-corrected chi connectivity index (χ0v) is 21.7. The summed E-state index contributed by atoms with van der Waals surface area (Å²) in [5.74, 6) is 0.661. The van der Waals surface area contributed by atoms with Gasteiger partial charge in [0.05, 0.1) is 12.3 Å². The van der Waals surface area contributed by atoms with Gasteiger partial charge in [0.2, 0.25) is 0 Å². The summed E-state index contributed by atoms with van der Waals surface area (Å²) in [5, 5.41) is 20.3. The first kappa shape index (κ1) is 26.1. The molecule has 35 heavy (non-hydrogen) atoms. The monoisotopic (exact) mass is 509 g/mol. The van der Waals surface area contributed by atoms with E-state index in [4.69, 9.17) is 27.2 Å². The van der Waals surface area contributed by atoms with E-state index < -0.39 is 6.09 Å². The van der Waals surface area contributed by atoms with E-state index in [-0.39, 0.29) is 6.54 Å². The lowest BCUT2D eigenvalue weighted by atomic mass is 10.00. The van der Waals surface area contributed by atoms with Gasteiger partial charge >= 0.3 is 6.09 Å². The number of aliphatic imine (C=N–C) groups is 1. The van der Waals surface area contributed by atoms with E-state index in [0.29, 0.717) is 23.3 Å². The molecule has 0 spiro atoms. The number of carbonyl (C=O) groups is 1. The van der Waals surface area contributed by atoms with Crippen molar-refractivity contribution >= 4 is 51.4 Å². The van der Waals surface area contributed by atoms with Crippen molar-refractivity contribution in [3.05, 3.63) is 86.8 Å². The summed E-state index contributed by atoms with van der Waals surface area (Å²) >= 11 is 7.61. The minimum Gasteiger partial charge on any atom is -0.445 e. The number of hydrogen-bond donors (Lipinski definition) is 3. The van der Waals surface area contributed by atoms with Gasteiger partial charge in [-0.25, -0.2) is 4.79 Å². The van der Waals surface area contributed by atoms with E-state index in [1.165, 1.54) is 11.9 Å². The van der Waals surface area contributed by atoms with Crippen molar-refractivity contribution < 1.29 is 9.53 Å². The predicted molar refractivity (Wildman–Crippen MR) is 145 cm³/mol. The minimum atomic E-state index is -0.404. The number of thiophene rings is 1. The quantitative estimate of drug-likeness (QED) is 0.289. The summed E-state index contributed by atoms with van der Waals surface area (Å²) in [7, 11) is 1.54. The topological polar surface area (TPSA) is 102 Å². The highest BCUT2D eigenvalue weighted by molar-refractivity contribution is 7.17. The van der Waals surface area contributed by atoms with E-state index >= 15 is 0 Å². The molecule has 0 bridgehead atoms. The Balaban J connectivity index is 0.000000241. The zero-order chi connectivity index (χ0) is 25.5. The molecule has 0 unspecified atom stereocenters. The molecule has 0 fully saturated rings. The van der Waals surface area contributed by atoms with Crippen LogP contribution in [0, 0.1) is 24.7 Å². The van der Waals surface area contributed by atoms with Crippen molar-refractivity contribution in [1.82, 2.24) is 5.32 Å². The second-order valence-electron chi connectivity index (χ2n) is 7.81. The van der Waals surface area contributed by atoms with E-state index in [1.807, 2.05) is 54.6 Å². The van der Waals surface area contributed by atoms with Crippen LogP contribution in [0.1, 0.15) is 34.1 Å². The Kier molecular flexibility index (Phi) is 8.78. The summed E-state index contributed by atoms with van der Waals surface area (Å²) in [6, 6.07) is 17.1. The van der Waals surface area contributed by atoms with Crippen LogP contribution in [-0.4, -0.2) is 37.1 Å². The Morgan fingerprint density at radius 2 is 1.83 bits per heavy atom. The van der Waals surface area contributed by atoms with Gasteiger partial charge in [0.25, 0.3) is 0 Å². The zero-order valence-electron chi connectivity index (χ0n) is 20.1. The van der Waals surface area contributed by atoms with E-state index in [9.17, 15) is 4.79 Å². The van der Waals surface area contributed by atoms with Crippen LogP contribution >= 0.6 is 22.9 Å². The third kappa shape index (κ3) is 6.35. The number of hydrogen-bond acceptors (Lipinski definition) is 6. The Morgan fingerprint density at radius 3 is 2.43 bits per heavy atom. The summed E-state index contributed by atoms with van der Waals surface area (Å²) in [6.45, 7) is 6.42. The number of aryl methyl sites for hydroxylation is 1. The van der Waals surface area contributed by atoms with Crippen molar-refractivity contribution in [2.45, 2.75) is 27.4 Å². The van der Waals surface area contributed by atoms with Gasteiger partial charge < -0.3 is 10.1 Å². The van der Waals surface area contributed by atoms with E-state index in [1.54, 1.807) is 23.2 Å². The molecule has 3 aromatic rings. The second-order valence-corrected chi connectivity index (χ2v) is 9.45. The number of benzene rings is 2. The molecule has 0 saturated carbocycles. The second kappa shape index (κ2) is 11.8. The van der Waals surface area contributed by atoms with Crippen LogP contribution in [0.5, 0.6) is 0 Å². The molecular weight excluding hydrogens is 482 g/mol. The Bertz CT molecular complexity index is 1250. The number of carbonyl (C=O) groups excluding carboxylic acids is 1. The summed E-state index contributed by atoms with van der Waals surface area (Å²) < 4.78 is 4.83. The molecule has 1 amide bonds. The van der Waals surface area contributed by atoms with Gasteiger partial charge in [-0.15, -0.1) is 11.3 Å². The molecule has 0 aliphatic carbocycles. The highest BCUT2D eigenvalue weighted by atomic mass is 35.5. The van der Waals surface area contributed by atoms with Crippen molar-refractivity contribution in [2.75, 3.05) is 18.5 Å². The average molecular weight is 510 g/mol. The molecule has 1 aliphatic rings. The van der Waals surface area contributed by atoms with E-state index in [2.05, 4.69) is 24.2 Å². The SMILES string of the molecule is CC(=N)N1C(=N)CN=C(c2ccc(Cl)cc2)c2c1sc(C)c2C.CNC(=O)OCc1ccccc1. The molecule has 3 N–H and O–H groups in total. The van der Waals surface area contributed by atoms with Gasteiger partial charge in [-0.2, -0.15) is 0 Å². The van der Waals surface area contributed by atoms with Crippen LogP contribution in [0.25, 0.3) is 0 Å². The smallest absolute Gasteiger partial charge is 0.407 e. The summed E-state index contributed by atoms with van der Waals surface area (Å²) in [5.41, 5.74) is 5.00. The van der Waals surface area contributed by atoms with E-state index in [0.717, 1.165) is 33.0 Å². The lowest BCUT2D eigenvalue weighted by Gasteiger charge is -2.21. The highest BCUT2D eigenvalue weighted by Crippen LogP contribution is 2.39. The third-order valence-corrected chi connectivity index (χ3v) is 6.78. The van der Waals surface area contributed by atoms with Crippen molar-refractivity contribution in [3.63, 3.8) is 0 Å². The number of nitrogens with one attached hydrogen (secondary N) is 3. The highest BCUT2D eigenvalue weighted by Gasteiger charge is 2.28. The minimum absolute atomic E-state index is 0.258. The molecule has 0 saturated heterocycles. The molecule has 7 nitrogen and oxygen atoms in total. The van der Waals surface area contributed by atoms with Crippen LogP contribution < -0.4 is 10.2 Å². The van der Waals surface area contributed by atoms with Crippen molar-refractivity contribution in [1.29, 1.82) is 10.8 Å². The van der Waals surface area contributed by atoms with Crippen molar-refractivity contribution in [2.24, 2.45) is 4.99 Å². The number of fused-ring (bicyclic) bond motifs is 1. The Hall–Kier alpha value is -3.49. The first-order valence-electron chi connectivity index (χ1n) is 10.9. The fraction of sp³-hybridized carbons (Fsp3) is 0.231. The maximum atomic E-state index is 10.7. The molecule has 2 aromatic carbocycles. The average Bonchev–Trinajstić information content (AvgIpc) is 3.04. The standard InChI is InChI=1S/C17H17ClN4S.C9H11NO2/c1-9-10(2)23-17-15(9)16(12-4-6-13(18)7-5-12)21-8-14(20)22(17)11(3)19;1-10-9(11)12-7-8-5-3-2-4-6-8/h4-7,19-20H,8H2,1-3H3;2-6H,7H2,1H3,(H,10,11). The molecule has 182 valence electrons. The Labute approximate surface area is 214 Å². The van der Waals surface area contributed by atoms with Crippen LogP contribution in [-0.2, 0) is 11.3 Å². The number of halogens is 1. The van der Waals surface area contributed by atoms with Gasteiger partial charge in [-0.05, 0) is 44.0 Å². The molecular formula is C26H28ClN5O2S. The number of anilines is 1. The maximum absolute atomic E-state index is 10.7. The molecule has 1 aliphatic heterocycles. The number of ether oxygens (including phenoxy) is 1. The molecule has 1 aromatic heterocycles. The number of alkyl carbamates (subject to hydrolysis) is 1. The molecule has 9 heteroatoms. The number of amides is 1. The fourth-order valence-electron chi connectivity index (χ4n) is 3.47. The molecule has 2 heterocycles. The van der Waals surface area contributed by atoms with Gasteiger partial charge in [0.1, 0.15) is 23.3 Å². The molecule has 4 rings (SSSR count). The van der Waals surface area contributed by atoms with Crippen LogP contribution in [0.3, 0.4) is 0 Å².